The quantitative estimate of drug-likeness (QED) is 0.468. The number of imidazole rings is 1. The van der Waals surface area contributed by atoms with Gasteiger partial charge in [-0.15, -0.1) is 5.10 Å². The molecule has 0 radical (unpaired) electrons. The summed E-state index contributed by atoms with van der Waals surface area (Å²) in [4.78, 5) is 17.3. The molecule has 0 saturated heterocycles. The normalized spacial score (nSPS) is 10.6. The second-order valence-corrected chi connectivity index (χ2v) is 6.98. The third kappa shape index (κ3) is 4.27. The molecule has 0 aliphatic rings. The van der Waals surface area contributed by atoms with Crippen molar-refractivity contribution in [1.82, 2.24) is 14.6 Å². The lowest BCUT2D eigenvalue weighted by Gasteiger charge is -2.14. The third-order valence-electron chi connectivity index (χ3n) is 4.94. The van der Waals surface area contributed by atoms with Crippen LogP contribution in [0.15, 0.2) is 54.7 Å². The Labute approximate surface area is 184 Å². The Hall–Kier alpha value is -4.27. The van der Waals surface area contributed by atoms with Crippen LogP contribution in [-0.4, -0.2) is 42.0 Å². The van der Waals surface area contributed by atoms with Gasteiger partial charge in [-0.1, -0.05) is 12.1 Å². The minimum absolute atomic E-state index is 0.393. The number of fused-ring (bicyclic) bond motifs is 1. The Morgan fingerprint density at radius 2 is 1.72 bits per heavy atom. The Kier molecular flexibility index (Phi) is 5.80. The maximum absolute atomic E-state index is 12.7. The molecular weight excluding hydrogens is 410 g/mol. The fraction of sp³-hybridized carbons (Fsp3) is 0.174. The van der Waals surface area contributed by atoms with E-state index in [1.54, 1.807) is 43.0 Å². The number of aryl methyl sites for hydroxylation is 1. The zero-order valence-corrected chi connectivity index (χ0v) is 18.2. The first-order chi connectivity index (χ1) is 15.5. The zero-order chi connectivity index (χ0) is 22.7. The van der Waals surface area contributed by atoms with Crippen LogP contribution in [0.2, 0.25) is 0 Å². The number of hydrogen-bond acceptors (Lipinski definition) is 6. The van der Waals surface area contributed by atoms with Crippen molar-refractivity contribution in [3.63, 3.8) is 0 Å². The highest BCUT2D eigenvalue weighted by atomic mass is 16.5. The Balaban J connectivity index is 1.56. The van der Waals surface area contributed by atoms with Crippen LogP contribution in [0.1, 0.15) is 5.56 Å². The molecule has 0 saturated carbocycles. The van der Waals surface area contributed by atoms with Crippen LogP contribution < -0.4 is 24.8 Å². The Morgan fingerprint density at radius 1 is 0.906 bits per heavy atom. The van der Waals surface area contributed by atoms with E-state index in [2.05, 4.69) is 20.7 Å². The summed E-state index contributed by atoms with van der Waals surface area (Å²) in [5.41, 5.74) is 4.37. The summed E-state index contributed by atoms with van der Waals surface area (Å²) in [7, 11) is 4.67. The molecule has 2 heterocycles. The Morgan fingerprint density at radius 3 is 2.47 bits per heavy atom. The van der Waals surface area contributed by atoms with E-state index >= 15 is 0 Å². The third-order valence-corrected chi connectivity index (χ3v) is 4.94. The highest BCUT2D eigenvalue weighted by Crippen LogP contribution is 2.30. The lowest BCUT2D eigenvalue weighted by Crippen LogP contribution is -2.20. The summed E-state index contributed by atoms with van der Waals surface area (Å²) in [6, 6.07) is 14.1. The molecule has 0 bridgehead atoms. The van der Waals surface area contributed by atoms with E-state index in [1.807, 2.05) is 37.4 Å². The topological polar surface area (TPSA) is 99.0 Å². The molecular formula is C23H23N5O4. The van der Waals surface area contributed by atoms with Gasteiger partial charge in [-0.3, -0.25) is 0 Å². The molecule has 2 N–H and O–H groups in total. The standard InChI is InChI=1S/C23H23N5O4/c1-14-5-6-15(19-13-28-21(24-19)9-10-22(27-28)32-4)11-18(14)26-23(29)25-17-8-7-16(30-2)12-20(17)31-3/h5-13H,1-4H3,(H2,25,26,29). The van der Waals surface area contributed by atoms with Gasteiger partial charge in [0.25, 0.3) is 0 Å². The first-order valence-electron chi connectivity index (χ1n) is 9.82. The summed E-state index contributed by atoms with van der Waals surface area (Å²) in [6.45, 7) is 1.92. The molecule has 9 heteroatoms. The lowest BCUT2D eigenvalue weighted by atomic mass is 10.1. The van der Waals surface area contributed by atoms with Gasteiger partial charge in [0.15, 0.2) is 5.65 Å². The van der Waals surface area contributed by atoms with Crippen molar-refractivity contribution in [1.29, 1.82) is 0 Å². The number of rotatable bonds is 6. The predicted molar refractivity (Wildman–Crippen MR) is 122 cm³/mol. The van der Waals surface area contributed by atoms with Crippen molar-refractivity contribution < 1.29 is 19.0 Å². The molecule has 0 aliphatic heterocycles. The van der Waals surface area contributed by atoms with Crippen LogP contribution in [0.5, 0.6) is 17.4 Å². The highest BCUT2D eigenvalue weighted by molar-refractivity contribution is 6.01. The van der Waals surface area contributed by atoms with Gasteiger partial charge in [-0.05, 0) is 36.8 Å². The van der Waals surface area contributed by atoms with E-state index < -0.39 is 6.03 Å². The van der Waals surface area contributed by atoms with Crippen LogP contribution in [0.4, 0.5) is 16.2 Å². The summed E-state index contributed by atoms with van der Waals surface area (Å²) in [5.74, 6) is 1.63. The molecule has 9 nitrogen and oxygen atoms in total. The van der Waals surface area contributed by atoms with Crippen molar-refractivity contribution >= 4 is 23.1 Å². The SMILES string of the molecule is COc1ccc(NC(=O)Nc2cc(-c3cn4nc(OC)ccc4n3)ccc2C)c(OC)c1. The molecule has 2 aromatic heterocycles. The number of anilines is 2. The molecule has 4 rings (SSSR count). The van der Waals surface area contributed by atoms with Gasteiger partial charge >= 0.3 is 6.03 Å². The number of carbonyl (C=O) groups excluding carboxylic acids is 1. The maximum atomic E-state index is 12.7. The molecule has 0 fully saturated rings. The number of nitrogens with one attached hydrogen (secondary N) is 2. The van der Waals surface area contributed by atoms with E-state index in [4.69, 9.17) is 14.2 Å². The number of methoxy groups -OCH3 is 3. The van der Waals surface area contributed by atoms with E-state index in [-0.39, 0.29) is 0 Å². The van der Waals surface area contributed by atoms with Gasteiger partial charge in [0.2, 0.25) is 5.88 Å². The van der Waals surface area contributed by atoms with Crippen molar-refractivity contribution in [2.24, 2.45) is 0 Å². The average molecular weight is 433 g/mol. The lowest BCUT2D eigenvalue weighted by molar-refractivity contribution is 0.262. The number of nitrogens with zero attached hydrogens (tertiary/aromatic N) is 3. The summed E-state index contributed by atoms with van der Waals surface area (Å²) in [6.07, 6.45) is 1.81. The van der Waals surface area contributed by atoms with Crippen LogP contribution in [0, 0.1) is 6.92 Å². The zero-order valence-electron chi connectivity index (χ0n) is 18.2. The van der Waals surface area contributed by atoms with Crippen LogP contribution in [0.3, 0.4) is 0 Å². The van der Waals surface area contributed by atoms with Gasteiger partial charge in [-0.25, -0.2) is 14.3 Å². The molecule has 0 atom stereocenters. The van der Waals surface area contributed by atoms with Gasteiger partial charge in [0.05, 0.1) is 38.9 Å². The number of hydrogen-bond donors (Lipinski definition) is 2. The van der Waals surface area contributed by atoms with Gasteiger partial charge in [0, 0.05) is 23.4 Å². The number of amides is 2. The molecule has 0 spiro atoms. The number of aromatic nitrogens is 3. The minimum atomic E-state index is -0.393. The van der Waals surface area contributed by atoms with Crippen molar-refractivity contribution in [2.45, 2.75) is 6.92 Å². The van der Waals surface area contributed by atoms with Crippen LogP contribution >= 0.6 is 0 Å². The van der Waals surface area contributed by atoms with E-state index in [1.165, 1.54) is 7.11 Å². The predicted octanol–water partition coefficient (Wildman–Crippen LogP) is 4.37. The average Bonchev–Trinajstić information content (AvgIpc) is 3.24. The van der Waals surface area contributed by atoms with Crippen molar-refractivity contribution in [3.05, 3.63) is 60.3 Å². The number of benzene rings is 2. The largest absolute Gasteiger partial charge is 0.497 e. The second-order valence-electron chi connectivity index (χ2n) is 6.98. The van der Waals surface area contributed by atoms with E-state index in [0.717, 1.165) is 16.8 Å². The summed E-state index contributed by atoms with van der Waals surface area (Å²) < 4.78 is 17.3. The fourth-order valence-corrected chi connectivity index (χ4v) is 3.21. The summed E-state index contributed by atoms with van der Waals surface area (Å²) in [5, 5.41) is 10.0. The van der Waals surface area contributed by atoms with Crippen LogP contribution in [0.25, 0.3) is 16.9 Å². The van der Waals surface area contributed by atoms with Crippen LogP contribution in [-0.2, 0) is 0 Å². The smallest absolute Gasteiger partial charge is 0.323 e. The minimum Gasteiger partial charge on any atom is -0.497 e. The monoisotopic (exact) mass is 433 g/mol. The van der Waals surface area contributed by atoms with Crippen molar-refractivity contribution in [2.75, 3.05) is 32.0 Å². The first-order valence-corrected chi connectivity index (χ1v) is 9.82. The van der Waals surface area contributed by atoms with Gasteiger partial charge < -0.3 is 24.8 Å². The van der Waals surface area contributed by atoms with Gasteiger partial charge in [-0.2, -0.15) is 0 Å². The Bertz CT molecular complexity index is 1280. The van der Waals surface area contributed by atoms with E-state index in [9.17, 15) is 4.79 Å². The highest BCUT2D eigenvalue weighted by Gasteiger charge is 2.12. The second kappa shape index (κ2) is 8.84. The van der Waals surface area contributed by atoms with Crippen molar-refractivity contribution in [3.8, 4) is 28.6 Å². The molecule has 32 heavy (non-hydrogen) atoms. The molecule has 0 unspecified atom stereocenters. The molecule has 4 aromatic rings. The number of ether oxygens (including phenoxy) is 3. The molecule has 0 aliphatic carbocycles. The summed E-state index contributed by atoms with van der Waals surface area (Å²) >= 11 is 0. The molecule has 164 valence electrons. The molecule has 2 amide bonds. The fourth-order valence-electron chi connectivity index (χ4n) is 3.21. The maximum Gasteiger partial charge on any atom is 0.323 e. The number of urea groups is 1. The van der Waals surface area contributed by atoms with E-state index in [0.29, 0.717) is 34.4 Å². The van der Waals surface area contributed by atoms with Gasteiger partial charge in [0.1, 0.15) is 11.5 Å². The molecule has 2 aromatic carbocycles. The first kappa shape index (κ1) is 21.0. The number of carbonyl (C=O) groups is 1.